The van der Waals surface area contributed by atoms with Crippen LogP contribution < -0.4 is 0 Å². The second-order valence-corrected chi connectivity index (χ2v) is 5.73. The normalized spacial score (nSPS) is 11.0. The van der Waals surface area contributed by atoms with Gasteiger partial charge in [-0.05, 0) is 13.3 Å². The Morgan fingerprint density at radius 2 is 2.17 bits per heavy atom. The van der Waals surface area contributed by atoms with Gasteiger partial charge in [-0.3, -0.25) is 4.79 Å². The SMILES string of the molecule is COCCCN(C)C(=O)c1sc(C(C)C)nc1C. The summed E-state index contributed by atoms with van der Waals surface area (Å²) in [7, 11) is 3.50. The number of thiazole rings is 1. The Bertz CT molecular complexity index is 402. The molecule has 1 aromatic heterocycles. The Morgan fingerprint density at radius 3 is 2.67 bits per heavy atom. The van der Waals surface area contributed by atoms with Crippen molar-refractivity contribution in [3.05, 3.63) is 15.6 Å². The lowest BCUT2D eigenvalue weighted by Gasteiger charge is -2.16. The molecular formula is C13H22N2O2S. The zero-order valence-electron chi connectivity index (χ0n) is 11.8. The van der Waals surface area contributed by atoms with Gasteiger partial charge in [0, 0.05) is 33.2 Å². The van der Waals surface area contributed by atoms with E-state index >= 15 is 0 Å². The molecule has 0 aliphatic rings. The molecule has 0 aliphatic heterocycles. The number of aryl methyl sites for hydroxylation is 1. The fourth-order valence-corrected chi connectivity index (χ4v) is 2.65. The van der Waals surface area contributed by atoms with Crippen LogP contribution in [0.1, 0.15) is 46.6 Å². The fourth-order valence-electron chi connectivity index (χ4n) is 1.58. The van der Waals surface area contributed by atoms with Crippen molar-refractivity contribution in [2.24, 2.45) is 0 Å². The van der Waals surface area contributed by atoms with E-state index in [4.69, 9.17) is 4.74 Å². The highest BCUT2D eigenvalue weighted by Crippen LogP contribution is 2.25. The molecule has 1 aromatic rings. The summed E-state index contributed by atoms with van der Waals surface area (Å²) < 4.78 is 4.99. The molecule has 0 radical (unpaired) electrons. The first-order chi connectivity index (χ1) is 8.47. The van der Waals surface area contributed by atoms with Crippen molar-refractivity contribution >= 4 is 17.2 Å². The van der Waals surface area contributed by atoms with Crippen LogP contribution in [0.3, 0.4) is 0 Å². The molecule has 0 bridgehead atoms. The summed E-state index contributed by atoms with van der Waals surface area (Å²) in [6.07, 6.45) is 0.855. The van der Waals surface area contributed by atoms with E-state index in [1.807, 2.05) is 14.0 Å². The van der Waals surface area contributed by atoms with Crippen LogP contribution in [0.4, 0.5) is 0 Å². The maximum absolute atomic E-state index is 12.3. The number of hydrogen-bond donors (Lipinski definition) is 0. The largest absolute Gasteiger partial charge is 0.385 e. The van der Waals surface area contributed by atoms with E-state index in [2.05, 4.69) is 18.8 Å². The highest BCUT2D eigenvalue weighted by molar-refractivity contribution is 7.13. The van der Waals surface area contributed by atoms with Crippen LogP contribution in [0.15, 0.2) is 0 Å². The minimum absolute atomic E-state index is 0.0630. The Hall–Kier alpha value is -0.940. The molecule has 1 amide bonds. The molecule has 0 spiro atoms. The second kappa shape index (κ2) is 6.85. The Morgan fingerprint density at radius 1 is 1.50 bits per heavy atom. The molecule has 0 unspecified atom stereocenters. The maximum Gasteiger partial charge on any atom is 0.265 e. The first-order valence-corrected chi connectivity index (χ1v) is 7.00. The first kappa shape index (κ1) is 15.1. The highest BCUT2D eigenvalue weighted by Gasteiger charge is 2.19. The number of nitrogens with zero attached hydrogens (tertiary/aromatic N) is 2. The molecule has 18 heavy (non-hydrogen) atoms. The molecule has 1 rings (SSSR count). The van der Waals surface area contributed by atoms with Crippen LogP contribution in [-0.4, -0.2) is 43.1 Å². The quantitative estimate of drug-likeness (QED) is 0.746. The van der Waals surface area contributed by atoms with Gasteiger partial charge in [0.1, 0.15) is 4.88 Å². The zero-order chi connectivity index (χ0) is 13.7. The van der Waals surface area contributed by atoms with E-state index in [-0.39, 0.29) is 5.91 Å². The molecule has 102 valence electrons. The van der Waals surface area contributed by atoms with Gasteiger partial charge in [-0.15, -0.1) is 11.3 Å². The Kier molecular flexibility index (Phi) is 5.75. The summed E-state index contributed by atoms with van der Waals surface area (Å²) in [4.78, 5) is 19.2. The lowest BCUT2D eigenvalue weighted by molar-refractivity contribution is 0.0783. The van der Waals surface area contributed by atoms with Crippen molar-refractivity contribution in [3.63, 3.8) is 0 Å². The van der Waals surface area contributed by atoms with Crippen LogP contribution in [0.5, 0.6) is 0 Å². The predicted octanol–water partition coefficient (Wildman–Crippen LogP) is 2.68. The maximum atomic E-state index is 12.3. The molecule has 0 aromatic carbocycles. The number of carbonyl (C=O) groups is 1. The van der Waals surface area contributed by atoms with Gasteiger partial charge in [0.05, 0.1) is 10.7 Å². The standard InChI is InChI=1S/C13H22N2O2S/c1-9(2)12-14-10(3)11(18-12)13(16)15(4)7-6-8-17-5/h9H,6-8H2,1-5H3. The summed E-state index contributed by atoms with van der Waals surface area (Å²) in [6, 6.07) is 0. The van der Waals surface area contributed by atoms with E-state index < -0.39 is 0 Å². The van der Waals surface area contributed by atoms with Crippen molar-refractivity contribution in [2.45, 2.75) is 33.1 Å². The van der Waals surface area contributed by atoms with Crippen LogP contribution in [0, 0.1) is 6.92 Å². The van der Waals surface area contributed by atoms with Crippen LogP contribution in [0.2, 0.25) is 0 Å². The number of carbonyl (C=O) groups excluding carboxylic acids is 1. The van der Waals surface area contributed by atoms with Gasteiger partial charge in [-0.1, -0.05) is 13.8 Å². The third kappa shape index (κ3) is 3.78. The van der Waals surface area contributed by atoms with Crippen molar-refractivity contribution in [2.75, 3.05) is 27.3 Å². The van der Waals surface area contributed by atoms with Crippen molar-refractivity contribution in [1.29, 1.82) is 0 Å². The molecule has 0 atom stereocenters. The molecule has 0 saturated carbocycles. The Balaban J connectivity index is 2.71. The van der Waals surface area contributed by atoms with Gasteiger partial charge < -0.3 is 9.64 Å². The molecule has 4 nitrogen and oxygen atoms in total. The summed E-state index contributed by atoms with van der Waals surface area (Å²) in [5.74, 6) is 0.432. The van der Waals surface area contributed by atoms with Gasteiger partial charge >= 0.3 is 0 Å². The summed E-state index contributed by atoms with van der Waals surface area (Å²) in [5, 5.41) is 1.03. The Labute approximate surface area is 113 Å². The van der Waals surface area contributed by atoms with Gasteiger partial charge in [0.2, 0.25) is 0 Å². The number of methoxy groups -OCH3 is 1. The average molecular weight is 270 g/mol. The third-order valence-electron chi connectivity index (χ3n) is 2.69. The molecule has 1 heterocycles. The second-order valence-electron chi connectivity index (χ2n) is 4.69. The average Bonchev–Trinajstić information content (AvgIpc) is 2.70. The third-order valence-corrected chi connectivity index (χ3v) is 4.14. The van der Waals surface area contributed by atoms with Gasteiger partial charge in [-0.2, -0.15) is 0 Å². The van der Waals surface area contributed by atoms with E-state index in [0.717, 1.165) is 22.0 Å². The summed E-state index contributed by atoms with van der Waals surface area (Å²) in [5.41, 5.74) is 0.840. The monoisotopic (exact) mass is 270 g/mol. The molecule has 0 saturated heterocycles. The van der Waals surface area contributed by atoms with Crippen molar-refractivity contribution < 1.29 is 9.53 Å². The zero-order valence-corrected chi connectivity index (χ0v) is 12.6. The first-order valence-electron chi connectivity index (χ1n) is 6.19. The van der Waals surface area contributed by atoms with E-state index in [1.165, 1.54) is 11.3 Å². The lowest BCUT2D eigenvalue weighted by Crippen LogP contribution is -2.28. The van der Waals surface area contributed by atoms with E-state index in [9.17, 15) is 4.79 Å². The molecular weight excluding hydrogens is 248 g/mol. The number of amides is 1. The molecule has 0 fully saturated rings. The van der Waals surface area contributed by atoms with Crippen LogP contribution in [0.25, 0.3) is 0 Å². The topological polar surface area (TPSA) is 42.4 Å². The highest BCUT2D eigenvalue weighted by atomic mass is 32.1. The molecule has 5 heteroatoms. The summed E-state index contributed by atoms with van der Waals surface area (Å²) >= 11 is 1.51. The number of hydrogen-bond acceptors (Lipinski definition) is 4. The summed E-state index contributed by atoms with van der Waals surface area (Å²) in [6.45, 7) is 7.47. The molecule has 0 N–H and O–H groups in total. The van der Waals surface area contributed by atoms with Crippen LogP contribution in [-0.2, 0) is 4.74 Å². The number of rotatable bonds is 6. The van der Waals surface area contributed by atoms with E-state index in [1.54, 1.807) is 12.0 Å². The van der Waals surface area contributed by atoms with E-state index in [0.29, 0.717) is 19.1 Å². The minimum Gasteiger partial charge on any atom is -0.385 e. The number of aromatic nitrogens is 1. The number of ether oxygens (including phenoxy) is 1. The van der Waals surface area contributed by atoms with Crippen LogP contribution >= 0.6 is 11.3 Å². The van der Waals surface area contributed by atoms with Gasteiger partial charge in [0.15, 0.2) is 0 Å². The van der Waals surface area contributed by atoms with Gasteiger partial charge in [0.25, 0.3) is 5.91 Å². The predicted molar refractivity (Wildman–Crippen MR) is 74.4 cm³/mol. The lowest BCUT2D eigenvalue weighted by atomic mass is 10.2. The smallest absolute Gasteiger partial charge is 0.265 e. The van der Waals surface area contributed by atoms with Crippen molar-refractivity contribution in [1.82, 2.24) is 9.88 Å². The fraction of sp³-hybridized carbons (Fsp3) is 0.692. The van der Waals surface area contributed by atoms with Gasteiger partial charge in [-0.25, -0.2) is 4.98 Å². The minimum atomic E-state index is 0.0630. The molecule has 0 aliphatic carbocycles. The van der Waals surface area contributed by atoms with Crippen molar-refractivity contribution in [3.8, 4) is 0 Å².